The third-order valence-electron chi connectivity index (χ3n) is 7.17. The molecule has 0 spiro atoms. The first-order chi connectivity index (χ1) is 21.3. The number of phenolic OH excluding ortho intramolecular Hbond substituents is 2. The molecule has 0 bridgehead atoms. The number of ketones is 1. The highest BCUT2D eigenvalue weighted by molar-refractivity contribution is 6.45. The van der Waals surface area contributed by atoms with Gasteiger partial charge >= 0.3 is 20.1 Å². The van der Waals surface area contributed by atoms with Gasteiger partial charge in [0.2, 0.25) is 0 Å². The Labute approximate surface area is 265 Å². The highest BCUT2D eigenvalue weighted by atomic mass is 16.4. The van der Waals surface area contributed by atoms with Crippen LogP contribution in [-0.2, 0) is 9.59 Å². The number of nitrogens with one attached hydrogen (secondary N) is 2. The van der Waals surface area contributed by atoms with E-state index in [9.17, 15) is 19.8 Å². The predicted molar refractivity (Wildman–Crippen MR) is 183 cm³/mol. The third kappa shape index (κ3) is 12.9. The Morgan fingerprint density at radius 1 is 0.711 bits per heavy atom. The van der Waals surface area contributed by atoms with Gasteiger partial charge in [0.1, 0.15) is 17.3 Å². The molecule has 4 aromatic rings. The molecule has 0 amide bonds. The number of carbonyl (C=O) groups is 2. The van der Waals surface area contributed by atoms with Gasteiger partial charge in [0.15, 0.2) is 0 Å². The first-order valence-electron chi connectivity index (χ1n) is 15.1. The van der Waals surface area contributed by atoms with Crippen LogP contribution < -0.4 is 16.2 Å². The highest BCUT2D eigenvalue weighted by Gasteiger charge is 2.16. The van der Waals surface area contributed by atoms with Crippen LogP contribution in [0.5, 0.6) is 11.5 Å². The van der Waals surface area contributed by atoms with E-state index >= 15 is 0 Å². The first kappa shape index (κ1) is 37.3. The van der Waals surface area contributed by atoms with E-state index in [4.69, 9.17) is 20.9 Å². The molecular weight excluding hydrogens is 572 g/mol. The molecule has 0 aliphatic rings. The van der Waals surface area contributed by atoms with Crippen LogP contribution in [0.1, 0.15) is 49.7 Å². The van der Waals surface area contributed by atoms with Crippen LogP contribution in [0, 0.1) is 0 Å². The number of fused-ring (bicyclic) bond motifs is 2. The zero-order valence-electron chi connectivity index (χ0n) is 26.4. The van der Waals surface area contributed by atoms with E-state index in [1.54, 1.807) is 57.0 Å². The number of hydrogen-bond donors (Lipinski definition) is 8. The zero-order chi connectivity index (χ0) is 33.5. The fourth-order valence-electron chi connectivity index (χ4n) is 4.45. The summed E-state index contributed by atoms with van der Waals surface area (Å²) in [5, 5.41) is 54.8. The zero-order valence-corrected chi connectivity index (χ0v) is 26.4. The smallest absolute Gasteiger partial charge is 0.373 e. The molecule has 4 rings (SSSR count). The number of Topliss-reactive ketones (excluding diaryl/α,β-unsaturated/α-hetero) is 1. The molecule has 9 N–H and O–H groups in total. The number of nitrogens with two attached hydrogens (primary N) is 1. The second kappa shape index (κ2) is 18.8. The van der Waals surface area contributed by atoms with Gasteiger partial charge in [-0.1, -0.05) is 55.5 Å². The number of phenols is 2. The van der Waals surface area contributed by atoms with Crippen molar-refractivity contribution in [3.63, 3.8) is 0 Å². The van der Waals surface area contributed by atoms with Gasteiger partial charge in [0, 0.05) is 18.9 Å². The van der Waals surface area contributed by atoms with Gasteiger partial charge in [0.05, 0.1) is 5.92 Å². The molecule has 0 fully saturated rings. The van der Waals surface area contributed by atoms with Gasteiger partial charge in [0.25, 0.3) is 0 Å². The summed E-state index contributed by atoms with van der Waals surface area (Å²) in [6.45, 7) is 8.79. The minimum atomic E-state index is -0.835. The van der Waals surface area contributed by atoms with Crippen molar-refractivity contribution in [2.24, 2.45) is 5.73 Å². The summed E-state index contributed by atoms with van der Waals surface area (Å²) in [7, 11) is -0.965. The van der Waals surface area contributed by atoms with E-state index in [0.29, 0.717) is 26.1 Å². The number of hydrogen-bond acceptors (Lipinski definition) is 9. The largest absolute Gasteiger partial charge is 0.508 e. The molecule has 240 valence electrons. The normalized spacial score (nSPS) is 11.9. The van der Waals surface area contributed by atoms with Crippen molar-refractivity contribution in [2.75, 3.05) is 19.6 Å². The summed E-state index contributed by atoms with van der Waals surface area (Å²) in [6.07, 6.45) is 1.21. The lowest BCUT2D eigenvalue weighted by Gasteiger charge is -2.12. The molecule has 10 nitrogen and oxygen atoms in total. The molecule has 4 aromatic carbocycles. The quantitative estimate of drug-likeness (QED) is 0.0851. The van der Waals surface area contributed by atoms with Crippen molar-refractivity contribution in [1.82, 2.24) is 10.5 Å². The topological polar surface area (TPSA) is 185 Å². The molecule has 12 heteroatoms. The van der Waals surface area contributed by atoms with Crippen molar-refractivity contribution < 1.29 is 35.0 Å². The van der Waals surface area contributed by atoms with Crippen molar-refractivity contribution in [3.05, 3.63) is 83.9 Å². The summed E-state index contributed by atoms with van der Waals surface area (Å²) < 4.78 is 0. The van der Waals surface area contributed by atoms with Crippen molar-refractivity contribution in [3.8, 4) is 11.5 Å². The van der Waals surface area contributed by atoms with Gasteiger partial charge in [-0.25, -0.2) is 0 Å². The van der Waals surface area contributed by atoms with E-state index in [1.165, 1.54) is 0 Å². The van der Waals surface area contributed by atoms with E-state index in [2.05, 4.69) is 10.5 Å². The van der Waals surface area contributed by atoms with Crippen LogP contribution in [0.2, 0.25) is 13.6 Å². The minimum Gasteiger partial charge on any atom is -0.508 e. The molecule has 0 aliphatic carbocycles. The number of benzene rings is 4. The Kier molecular flexibility index (Phi) is 15.5. The Bertz CT molecular complexity index is 1540. The monoisotopic (exact) mass is 617 g/mol. The highest BCUT2D eigenvalue weighted by Crippen LogP contribution is 2.26. The molecule has 2 atom stereocenters. The fraction of sp³-hybridized carbons (Fsp3) is 0.333. The van der Waals surface area contributed by atoms with E-state index in [-0.39, 0.29) is 23.2 Å². The summed E-state index contributed by atoms with van der Waals surface area (Å²) in [5.41, 5.74) is 6.86. The van der Waals surface area contributed by atoms with Gasteiger partial charge < -0.3 is 41.6 Å². The molecular formula is C33H45B2N3O7. The molecule has 0 aromatic heterocycles. The van der Waals surface area contributed by atoms with Crippen LogP contribution in [0.4, 0.5) is 0 Å². The second-order valence-electron chi connectivity index (χ2n) is 11.0. The fourth-order valence-corrected chi connectivity index (χ4v) is 4.45. The molecule has 45 heavy (non-hydrogen) atoms. The number of carboxylic acid groups (broad SMARTS) is 1. The third-order valence-corrected chi connectivity index (χ3v) is 7.17. The van der Waals surface area contributed by atoms with Crippen molar-refractivity contribution in [2.45, 2.75) is 52.2 Å². The number of carboxylic acids is 1. The predicted octanol–water partition coefficient (Wildman–Crippen LogP) is 4.08. The van der Waals surface area contributed by atoms with Gasteiger partial charge in [-0.2, -0.15) is 0 Å². The maximum atomic E-state index is 12.2. The van der Waals surface area contributed by atoms with Crippen molar-refractivity contribution in [1.29, 1.82) is 0 Å². The lowest BCUT2D eigenvalue weighted by atomic mass is 9.88. The second-order valence-corrected chi connectivity index (χ2v) is 11.0. The Morgan fingerprint density at radius 3 is 1.56 bits per heavy atom. The van der Waals surface area contributed by atoms with Crippen molar-refractivity contribution >= 4 is 47.4 Å². The standard InChI is InChI=1S/C17H22BNO3.C13H12O3.C3H11BN2O/c1-12(17(21)4-3-9-19-18(2)22)13-5-6-15-11-16(20)8-7-14(15)10-13;1-8(13(15)16)9-2-3-11-7-12(14)5-4-10(11)6-9;1-4(7)6-3-2-5/h5-8,10-12,19-20,22H,3-4,9H2,1-2H3;2-8,14H,1H3,(H,15,16);6-7H,2-3,5H2,1H3/t12-;8-;/m11./s1. The minimum absolute atomic E-state index is 0.148. The van der Waals surface area contributed by atoms with E-state index in [1.807, 2.05) is 43.3 Å². The van der Waals surface area contributed by atoms with Gasteiger partial charge in [-0.15, -0.1) is 0 Å². The Balaban J connectivity index is 0.000000267. The maximum absolute atomic E-state index is 12.2. The SMILES string of the molecule is CB(O)NCCCC(=O)[C@H](C)c1ccc2cc(O)ccc2c1.CB(O)NCCN.C[C@@H](C(=O)O)c1ccc2cc(O)ccc2c1. The van der Waals surface area contributed by atoms with Gasteiger partial charge in [-0.3, -0.25) is 9.59 Å². The number of carbonyl (C=O) groups excluding carboxylic acids is 1. The van der Waals surface area contributed by atoms with E-state index in [0.717, 1.165) is 39.1 Å². The molecule has 0 aliphatic heterocycles. The lowest BCUT2D eigenvalue weighted by Crippen LogP contribution is -2.34. The first-order valence-corrected chi connectivity index (χ1v) is 15.1. The summed E-state index contributed by atoms with van der Waals surface area (Å²) in [6, 6.07) is 21.6. The summed E-state index contributed by atoms with van der Waals surface area (Å²) in [5.74, 6) is -0.840. The molecule has 0 saturated heterocycles. The average molecular weight is 617 g/mol. The maximum Gasteiger partial charge on any atom is 0.373 e. The summed E-state index contributed by atoms with van der Waals surface area (Å²) >= 11 is 0. The number of aromatic hydroxyl groups is 2. The number of rotatable bonds is 12. The average Bonchev–Trinajstić information content (AvgIpc) is 3.01. The van der Waals surface area contributed by atoms with Crippen LogP contribution in [0.15, 0.2) is 72.8 Å². The van der Waals surface area contributed by atoms with Crippen LogP contribution >= 0.6 is 0 Å². The van der Waals surface area contributed by atoms with E-state index < -0.39 is 26.0 Å². The summed E-state index contributed by atoms with van der Waals surface area (Å²) in [4.78, 5) is 23.1. The lowest BCUT2D eigenvalue weighted by molar-refractivity contribution is -0.138. The Hall–Kier alpha value is -3.93. The van der Waals surface area contributed by atoms with Crippen LogP contribution in [0.25, 0.3) is 21.5 Å². The molecule has 0 saturated carbocycles. The number of aliphatic carboxylic acids is 1. The molecule has 0 heterocycles. The van der Waals surface area contributed by atoms with Gasteiger partial charge in [-0.05, 0) is 97.0 Å². The molecule has 0 radical (unpaired) electrons. The van der Waals surface area contributed by atoms with Crippen LogP contribution in [0.3, 0.4) is 0 Å². The van der Waals surface area contributed by atoms with Crippen LogP contribution in [-0.4, -0.2) is 70.9 Å². The Morgan fingerprint density at radius 2 is 1.13 bits per heavy atom. The molecule has 0 unspecified atom stereocenters.